The molecule has 1 atom stereocenters. The molecule has 25 heavy (non-hydrogen) atoms. The Morgan fingerprint density at radius 3 is 2.44 bits per heavy atom. The van der Waals surface area contributed by atoms with E-state index in [2.05, 4.69) is 11.9 Å². The summed E-state index contributed by atoms with van der Waals surface area (Å²) in [7, 11) is 5.63. The molecule has 0 aromatic heterocycles. The Kier molecular flexibility index (Phi) is 6.71. The SMILES string of the molecule is CC[C@@H](C)Oc1c(Cl)cc(C=Nc2ccc(N(C)C)cc2)cc1OC. The molecule has 0 aliphatic rings. The average Bonchev–Trinajstić information content (AvgIpc) is 2.61. The Morgan fingerprint density at radius 2 is 1.88 bits per heavy atom. The van der Waals surface area contributed by atoms with E-state index < -0.39 is 0 Å². The molecule has 0 radical (unpaired) electrons. The van der Waals surface area contributed by atoms with E-state index in [9.17, 15) is 0 Å². The first kappa shape index (κ1) is 19.1. The van der Waals surface area contributed by atoms with Gasteiger partial charge in [0, 0.05) is 26.0 Å². The van der Waals surface area contributed by atoms with Crippen molar-refractivity contribution in [3.8, 4) is 11.5 Å². The third-order valence-corrected chi connectivity index (χ3v) is 4.16. The maximum absolute atomic E-state index is 6.38. The van der Waals surface area contributed by atoms with E-state index in [4.69, 9.17) is 21.1 Å². The number of anilines is 1. The normalized spacial score (nSPS) is 12.2. The molecule has 4 nitrogen and oxygen atoms in total. The van der Waals surface area contributed by atoms with Gasteiger partial charge in [-0.25, -0.2) is 0 Å². The van der Waals surface area contributed by atoms with E-state index in [1.165, 1.54) is 0 Å². The lowest BCUT2D eigenvalue weighted by Gasteiger charge is -2.17. The van der Waals surface area contributed by atoms with Gasteiger partial charge in [0.05, 0.1) is 23.9 Å². The first-order valence-corrected chi connectivity index (χ1v) is 8.68. The molecule has 0 aliphatic heterocycles. The number of rotatable bonds is 7. The largest absolute Gasteiger partial charge is 0.493 e. The molecule has 0 fully saturated rings. The number of nitrogens with zero attached hydrogens (tertiary/aromatic N) is 2. The molecular weight excluding hydrogens is 336 g/mol. The highest BCUT2D eigenvalue weighted by atomic mass is 35.5. The summed E-state index contributed by atoms with van der Waals surface area (Å²) in [5.41, 5.74) is 2.87. The van der Waals surface area contributed by atoms with Gasteiger partial charge in [-0.15, -0.1) is 0 Å². The Labute approximate surface area is 155 Å². The van der Waals surface area contributed by atoms with E-state index in [1.54, 1.807) is 13.3 Å². The summed E-state index contributed by atoms with van der Waals surface area (Å²) in [4.78, 5) is 6.55. The van der Waals surface area contributed by atoms with Gasteiger partial charge in [-0.3, -0.25) is 4.99 Å². The summed E-state index contributed by atoms with van der Waals surface area (Å²) in [6, 6.07) is 11.7. The molecule has 0 spiro atoms. The lowest BCUT2D eigenvalue weighted by molar-refractivity contribution is 0.208. The predicted molar refractivity (Wildman–Crippen MR) is 106 cm³/mol. The molecular formula is C20H25ClN2O2. The van der Waals surface area contributed by atoms with Crippen LogP contribution in [-0.2, 0) is 0 Å². The highest BCUT2D eigenvalue weighted by Crippen LogP contribution is 2.37. The maximum atomic E-state index is 6.38. The van der Waals surface area contributed by atoms with E-state index in [0.717, 1.165) is 23.4 Å². The molecule has 0 N–H and O–H groups in total. The van der Waals surface area contributed by atoms with Gasteiger partial charge >= 0.3 is 0 Å². The number of hydrogen-bond donors (Lipinski definition) is 0. The zero-order valence-electron chi connectivity index (χ0n) is 15.4. The highest BCUT2D eigenvalue weighted by Gasteiger charge is 2.13. The summed E-state index contributed by atoms with van der Waals surface area (Å²) in [6.45, 7) is 4.07. The van der Waals surface area contributed by atoms with Crippen LogP contribution in [0.4, 0.5) is 11.4 Å². The first-order chi connectivity index (χ1) is 11.9. The summed E-state index contributed by atoms with van der Waals surface area (Å²) < 4.78 is 11.3. The zero-order valence-corrected chi connectivity index (χ0v) is 16.2. The van der Waals surface area contributed by atoms with Crippen molar-refractivity contribution in [2.75, 3.05) is 26.1 Å². The molecule has 0 amide bonds. The van der Waals surface area contributed by atoms with E-state index in [1.807, 2.05) is 62.3 Å². The minimum absolute atomic E-state index is 0.0705. The van der Waals surface area contributed by atoms with Crippen molar-refractivity contribution in [1.29, 1.82) is 0 Å². The van der Waals surface area contributed by atoms with Crippen LogP contribution >= 0.6 is 11.6 Å². The van der Waals surface area contributed by atoms with Crippen molar-refractivity contribution in [3.05, 3.63) is 47.0 Å². The Morgan fingerprint density at radius 1 is 1.20 bits per heavy atom. The summed E-state index contributed by atoms with van der Waals surface area (Å²) in [6.07, 6.45) is 2.73. The van der Waals surface area contributed by atoms with Gasteiger partial charge in [-0.2, -0.15) is 0 Å². The van der Waals surface area contributed by atoms with Crippen LogP contribution in [0.1, 0.15) is 25.8 Å². The van der Waals surface area contributed by atoms with Crippen LogP contribution in [0.2, 0.25) is 5.02 Å². The van der Waals surface area contributed by atoms with Gasteiger partial charge < -0.3 is 14.4 Å². The minimum atomic E-state index is 0.0705. The second-order valence-electron chi connectivity index (χ2n) is 6.04. The van der Waals surface area contributed by atoms with Gasteiger partial charge in [-0.05, 0) is 55.3 Å². The van der Waals surface area contributed by atoms with Crippen molar-refractivity contribution < 1.29 is 9.47 Å². The third-order valence-electron chi connectivity index (χ3n) is 3.87. The lowest BCUT2D eigenvalue weighted by Crippen LogP contribution is -2.11. The number of ether oxygens (including phenoxy) is 2. The third kappa shape index (κ3) is 5.13. The zero-order chi connectivity index (χ0) is 18.4. The summed E-state index contributed by atoms with van der Waals surface area (Å²) in [5.74, 6) is 1.18. The van der Waals surface area contributed by atoms with E-state index in [-0.39, 0.29) is 6.10 Å². The van der Waals surface area contributed by atoms with Crippen LogP contribution in [0.3, 0.4) is 0 Å². The Bertz CT molecular complexity index is 727. The minimum Gasteiger partial charge on any atom is -0.493 e. The summed E-state index contributed by atoms with van der Waals surface area (Å²) >= 11 is 6.38. The van der Waals surface area contributed by atoms with E-state index in [0.29, 0.717) is 16.5 Å². The standard InChI is InChI=1S/C20H25ClN2O2/c1-6-14(2)25-20-18(21)11-15(12-19(20)24-5)13-22-16-7-9-17(10-8-16)23(3)4/h7-14H,6H2,1-5H3/t14-/m1/s1. The molecule has 0 saturated carbocycles. The second kappa shape index (κ2) is 8.77. The fraction of sp³-hybridized carbons (Fsp3) is 0.350. The number of aliphatic imine (C=N–C) groups is 1. The van der Waals surface area contributed by atoms with Crippen LogP contribution in [0.25, 0.3) is 0 Å². The van der Waals surface area contributed by atoms with Gasteiger partial charge in [0.2, 0.25) is 0 Å². The molecule has 0 aliphatic carbocycles. The molecule has 0 bridgehead atoms. The molecule has 2 rings (SSSR count). The topological polar surface area (TPSA) is 34.1 Å². The fourth-order valence-electron chi connectivity index (χ4n) is 2.20. The molecule has 0 heterocycles. The number of methoxy groups -OCH3 is 1. The molecule has 134 valence electrons. The van der Waals surface area contributed by atoms with Crippen LogP contribution in [0.5, 0.6) is 11.5 Å². The van der Waals surface area contributed by atoms with Crippen LogP contribution in [0.15, 0.2) is 41.4 Å². The quantitative estimate of drug-likeness (QED) is 0.625. The smallest absolute Gasteiger partial charge is 0.180 e. The molecule has 0 unspecified atom stereocenters. The van der Waals surface area contributed by atoms with Gasteiger partial charge in [0.1, 0.15) is 0 Å². The van der Waals surface area contributed by atoms with Gasteiger partial charge in [0.15, 0.2) is 11.5 Å². The maximum Gasteiger partial charge on any atom is 0.180 e. The number of hydrogen-bond acceptors (Lipinski definition) is 4. The van der Waals surface area contributed by atoms with Crippen LogP contribution < -0.4 is 14.4 Å². The highest BCUT2D eigenvalue weighted by molar-refractivity contribution is 6.32. The molecule has 2 aromatic rings. The van der Waals surface area contributed by atoms with Crippen LogP contribution in [-0.4, -0.2) is 33.5 Å². The van der Waals surface area contributed by atoms with Crippen molar-refractivity contribution in [1.82, 2.24) is 0 Å². The van der Waals surface area contributed by atoms with Gasteiger partial charge in [0.25, 0.3) is 0 Å². The average molecular weight is 361 g/mol. The van der Waals surface area contributed by atoms with Crippen molar-refractivity contribution in [2.24, 2.45) is 4.99 Å². The fourth-order valence-corrected chi connectivity index (χ4v) is 2.46. The van der Waals surface area contributed by atoms with Gasteiger partial charge in [-0.1, -0.05) is 18.5 Å². The first-order valence-electron chi connectivity index (χ1n) is 8.30. The van der Waals surface area contributed by atoms with Crippen LogP contribution in [0, 0.1) is 0 Å². The van der Waals surface area contributed by atoms with Crippen molar-refractivity contribution >= 4 is 29.2 Å². The predicted octanol–water partition coefficient (Wildman–Crippen LogP) is 5.34. The van der Waals surface area contributed by atoms with E-state index >= 15 is 0 Å². The second-order valence-corrected chi connectivity index (χ2v) is 6.45. The van der Waals surface area contributed by atoms with Crippen molar-refractivity contribution in [2.45, 2.75) is 26.4 Å². The number of halogens is 1. The monoisotopic (exact) mass is 360 g/mol. The Hall–Kier alpha value is -2.20. The summed E-state index contributed by atoms with van der Waals surface area (Å²) in [5, 5.41) is 0.518. The van der Waals surface area contributed by atoms with Crippen molar-refractivity contribution in [3.63, 3.8) is 0 Å². The number of benzene rings is 2. The Balaban J connectivity index is 2.23. The molecule has 0 saturated heterocycles. The molecule has 5 heteroatoms. The lowest BCUT2D eigenvalue weighted by atomic mass is 10.2. The molecule has 2 aromatic carbocycles.